The molecule has 0 unspecified atom stereocenters. The van der Waals surface area contributed by atoms with Crippen molar-refractivity contribution in [3.63, 3.8) is 0 Å². The largest absolute Gasteiger partial charge is 0.495 e. The van der Waals surface area contributed by atoms with Crippen LogP contribution in [-0.2, 0) is 0 Å². The normalized spacial score (nSPS) is 11.3. The quantitative estimate of drug-likeness (QED) is 0.592. The highest BCUT2D eigenvalue weighted by molar-refractivity contribution is 5.84. The van der Waals surface area contributed by atoms with E-state index in [9.17, 15) is 0 Å². The molecule has 0 amide bonds. The lowest BCUT2D eigenvalue weighted by Gasteiger charge is -1.94. The maximum atomic E-state index is 5.72. The summed E-state index contributed by atoms with van der Waals surface area (Å²) < 4.78 is 7.21. The Bertz CT molecular complexity index is 636. The van der Waals surface area contributed by atoms with Crippen LogP contribution in [0.4, 0.5) is 5.69 Å². The zero-order chi connectivity index (χ0) is 10.4. The summed E-state index contributed by atoms with van der Waals surface area (Å²) in [6.45, 7) is 0. The number of imidazole rings is 1. The van der Waals surface area contributed by atoms with Crippen LogP contribution < -0.4 is 10.5 Å². The Balaban J connectivity index is 2.40. The van der Waals surface area contributed by atoms with Gasteiger partial charge < -0.3 is 15.5 Å². The number of H-pyrrole nitrogens is 1. The maximum absolute atomic E-state index is 5.72. The van der Waals surface area contributed by atoms with E-state index in [1.807, 2.05) is 34.9 Å². The molecule has 0 radical (unpaired) electrons. The molecule has 0 aliphatic rings. The molecule has 2 aromatic heterocycles. The fourth-order valence-corrected chi connectivity index (χ4v) is 1.85. The van der Waals surface area contributed by atoms with Crippen LogP contribution >= 0.6 is 0 Å². The smallest absolute Gasteiger partial charge is 0.139 e. The van der Waals surface area contributed by atoms with Crippen molar-refractivity contribution in [2.24, 2.45) is 0 Å². The summed E-state index contributed by atoms with van der Waals surface area (Å²) in [6.07, 6.45) is 1.95. The SMILES string of the molecule is COc1cc2[nH]c3cc(N)ccc3n2c1. The zero-order valence-corrected chi connectivity index (χ0v) is 8.32. The predicted molar refractivity (Wildman–Crippen MR) is 60.2 cm³/mol. The van der Waals surface area contributed by atoms with E-state index in [-0.39, 0.29) is 0 Å². The standard InChI is InChI=1S/C11H11N3O/c1-15-8-5-11-13-9-4-7(12)2-3-10(9)14(11)6-8/h2-6,13H,12H2,1H3. The fraction of sp³-hybridized carbons (Fsp3) is 0.0909. The third kappa shape index (κ3) is 1.08. The predicted octanol–water partition coefficient (Wildman–Crippen LogP) is 2.01. The molecule has 0 spiro atoms. The Hall–Kier alpha value is -2.10. The van der Waals surface area contributed by atoms with E-state index in [0.717, 1.165) is 28.1 Å². The van der Waals surface area contributed by atoms with E-state index in [1.54, 1.807) is 7.11 Å². The van der Waals surface area contributed by atoms with Crippen LogP contribution in [0.1, 0.15) is 0 Å². The highest BCUT2D eigenvalue weighted by Gasteiger charge is 2.06. The minimum atomic E-state index is 0.763. The van der Waals surface area contributed by atoms with Crippen LogP contribution in [0, 0.1) is 0 Å². The number of ether oxygens (including phenoxy) is 1. The number of nitrogens with two attached hydrogens (primary N) is 1. The Labute approximate surface area is 86.3 Å². The molecule has 4 heteroatoms. The van der Waals surface area contributed by atoms with Crippen molar-refractivity contribution >= 4 is 22.4 Å². The number of nitrogens with zero attached hydrogens (tertiary/aromatic N) is 1. The molecule has 3 rings (SSSR count). The molecular formula is C11H11N3O. The highest BCUT2D eigenvalue weighted by Crippen LogP contribution is 2.23. The topological polar surface area (TPSA) is 55.5 Å². The molecule has 0 aliphatic heterocycles. The number of aromatic nitrogens is 2. The second kappa shape index (κ2) is 2.70. The summed E-state index contributed by atoms with van der Waals surface area (Å²) in [7, 11) is 1.66. The van der Waals surface area contributed by atoms with Crippen molar-refractivity contribution in [2.45, 2.75) is 0 Å². The van der Waals surface area contributed by atoms with Crippen molar-refractivity contribution in [1.82, 2.24) is 9.38 Å². The van der Waals surface area contributed by atoms with Crippen LogP contribution in [0.3, 0.4) is 0 Å². The Morgan fingerprint density at radius 1 is 1.33 bits per heavy atom. The first-order valence-electron chi connectivity index (χ1n) is 4.71. The van der Waals surface area contributed by atoms with E-state index in [0.29, 0.717) is 0 Å². The Kier molecular flexibility index (Phi) is 1.48. The van der Waals surface area contributed by atoms with Crippen molar-refractivity contribution in [1.29, 1.82) is 0 Å². The number of aromatic amines is 1. The molecular weight excluding hydrogens is 190 g/mol. The molecule has 0 fully saturated rings. The molecule has 4 nitrogen and oxygen atoms in total. The third-order valence-corrected chi connectivity index (χ3v) is 2.57. The van der Waals surface area contributed by atoms with E-state index in [2.05, 4.69) is 4.98 Å². The van der Waals surface area contributed by atoms with Gasteiger partial charge in [0.05, 0.1) is 24.3 Å². The number of nitrogen functional groups attached to an aromatic ring is 1. The lowest BCUT2D eigenvalue weighted by atomic mass is 10.3. The van der Waals surface area contributed by atoms with E-state index in [4.69, 9.17) is 10.5 Å². The average molecular weight is 201 g/mol. The molecule has 2 heterocycles. The highest BCUT2D eigenvalue weighted by atomic mass is 16.5. The zero-order valence-electron chi connectivity index (χ0n) is 8.32. The number of benzene rings is 1. The molecule has 15 heavy (non-hydrogen) atoms. The van der Waals surface area contributed by atoms with E-state index >= 15 is 0 Å². The summed E-state index contributed by atoms with van der Waals surface area (Å²) in [4.78, 5) is 3.28. The summed E-state index contributed by atoms with van der Waals surface area (Å²) in [5, 5.41) is 0. The summed E-state index contributed by atoms with van der Waals surface area (Å²) >= 11 is 0. The molecule has 3 aromatic rings. The van der Waals surface area contributed by atoms with Gasteiger partial charge in [0.2, 0.25) is 0 Å². The van der Waals surface area contributed by atoms with Gasteiger partial charge in [-0.05, 0) is 18.2 Å². The second-order valence-corrected chi connectivity index (χ2v) is 3.54. The number of hydrogen-bond donors (Lipinski definition) is 2. The average Bonchev–Trinajstić information content (AvgIpc) is 2.73. The summed E-state index contributed by atoms with van der Waals surface area (Å²) in [6, 6.07) is 7.76. The first-order chi connectivity index (χ1) is 7.28. The van der Waals surface area contributed by atoms with Gasteiger partial charge in [-0.15, -0.1) is 0 Å². The van der Waals surface area contributed by atoms with Gasteiger partial charge in [0.25, 0.3) is 0 Å². The molecule has 1 aromatic carbocycles. The van der Waals surface area contributed by atoms with Crippen LogP contribution in [0.5, 0.6) is 5.75 Å². The molecule has 76 valence electrons. The molecule has 3 N–H and O–H groups in total. The number of methoxy groups -OCH3 is 1. The van der Waals surface area contributed by atoms with Gasteiger partial charge in [0, 0.05) is 11.8 Å². The van der Waals surface area contributed by atoms with Crippen LogP contribution in [0.25, 0.3) is 16.7 Å². The van der Waals surface area contributed by atoms with Crippen molar-refractivity contribution in [3.8, 4) is 5.75 Å². The van der Waals surface area contributed by atoms with Crippen molar-refractivity contribution in [2.75, 3.05) is 12.8 Å². The number of rotatable bonds is 1. The monoisotopic (exact) mass is 201 g/mol. The van der Waals surface area contributed by atoms with Crippen molar-refractivity contribution in [3.05, 3.63) is 30.5 Å². The van der Waals surface area contributed by atoms with Gasteiger partial charge in [-0.25, -0.2) is 0 Å². The van der Waals surface area contributed by atoms with Gasteiger partial charge in [-0.1, -0.05) is 0 Å². The third-order valence-electron chi connectivity index (χ3n) is 2.57. The minimum absolute atomic E-state index is 0.763. The van der Waals surface area contributed by atoms with Gasteiger partial charge >= 0.3 is 0 Å². The fourth-order valence-electron chi connectivity index (χ4n) is 1.85. The molecule has 0 saturated carbocycles. The lowest BCUT2D eigenvalue weighted by Crippen LogP contribution is -1.84. The summed E-state index contributed by atoms with van der Waals surface area (Å²) in [5.74, 6) is 0.847. The Morgan fingerprint density at radius 2 is 2.20 bits per heavy atom. The molecule has 0 saturated heterocycles. The summed E-state index contributed by atoms with van der Waals surface area (Å²) in [5.41, 5.74) is 9.62. The number of nitrogens with one attached hydrogen (secondary N) is 1. The van der Waals surface area contributed by atoms with Gasteiger partial charge in [0.1, 0.15) is 11.4 Å². The molecule has 0 atom stereocenters. The number of hydrogen-bond acceptors (Lipinski definition) is 2. The van der Waals surface area contributed by atoms with Gasteiger partial charge in [-0.3, -0.25) is 4.40 Å². The minimum Gasteiger partial charge on any atom is -0.495 e. The Morgan fingerprint density at radius 3 is 3.00 bits per heavy atom. The van der Waals surface area contributed by atoms with Crippen LogP contribution in [0.15, 0.2) is 30.5 Å². The van der Waals surface area contributed by atoms with Crippen LogP contribution in [0.2, 0.25) is 0 Å². The first kappa shape index (κ1) is 8.23. The van der Waals surface area contributed by atoms with E-state index < -0.39 is 0 Å². The van der Waals surface area contributed by atoms with Gasteiger partial charge in [0.15, 0.2) is 0 Å². The molecule has 0 bridgehead atoms. The van der Waals surface area contributed by atoms with Gasteiger partial charge in [-0.2, -0.15) is 0 Å². The first-order valence-corrected chi connectivity index (χ1v) is 4.71. The van der Waals surface area contributed by atoms with E-state index in [1.165, 1.54) is 0 Å². The second-order valence-electron chi connectivity index (χ2n) is 3.54. The maximum Gasteiger partial charge on any atom is 0.139 e. The lowest BCUT2D eigenvalue weighted by molar-refractivity contribution is 0.415. The van der Waals surface area contributed by atoms with Crippen molar-refractivity contribution < 1.29 is 4.74 Å². The number of fused-ring (bicyclic) bond motifs is 3. The number of anilines is 1. The molecule has 0 aliphatic carbocycles. The van der Waals surface area contributed by atoms with Crippen LogP contribution in [-0.4, -0.2) is 16.5 Å².